The minimum absolute atomic E-state index is 0.0948. The molecule has 3 nitrogen and oxygen atoms in total. The Morgan fingerprint density at radius 1 is 1.25 bits per heavy atom. The van der Waals surface area contributed by atoms with Gasteiger partial charge in [-0.15, -0.1) is 0 Å². The molecule has 0 saturated heterocycles. The number of fused-ring (bicyclic) bond motifs is 1. The maximum Gasteiger partial charge on any atom is 0.127 e. The van der Waals surface area contributed by atoms with Crippen LogP contribution in [0.4, 0.5) is 4.39 Å². The second kappa shape index (κ2) is 5.51. The molecular weight excluding hydrogens is 257 g/mol. The lowest BCUT2D eigenvalue weighted by atomic mass is 10.1. The highest BCUT2D eigenvalue weighted by atomic mass is 19.1. The van der Waals surface area contributed by atoms with E-state index in [4.69, 9.17) is 4.74 Å². The zero-order valence-corrected chi connectivity index (χ0v) is 11.0. The molecule has 0 saturated carbocycles. The molecule has 0 radical (unpaired) electrons. The van der Waals surface area contributed by atoms with E-state index in [-0.39, 0.29) is 17.6 Å². The van der Waals surface area contributed by atoms with Gasteiger partial charge < -0.3 is 15.2 Å². The Labute approximate surface area is 117 Å². The van der Waals surface area contributed by atoms with Gasteiger partial charge in [0.05, 0.1) is 6.04 Å². The van der Waals surface area contributed by atoms with Gasteiger partial charge in [0.2, 0.25) is 0 Å². The van der Waals surface area contributed by atoms with Crippen molar-refractivity contribution < 1.29 is 14.2 Å². The fourth-order valence-corrected chi connectivity index (χ4v) is 2.45. The average Bonchev–Trinajstić information content (AvgIpc) is 2.83. The van der Waals surface area contributed by atoms with Gasteiger partial charge in [0.25, 0.3) is 0 Å². The van der Waals surface area contributed by atoms with Crippen LogP contribution < -0.4 is 10.1 Å². The van der Waals surface area contributed by atoms with Crippen molar-refractivity contribution >= 4 is 0 Å². The lowest BCUT2D eigenvalue weighted by molar-refractivity contribution is 0.311. The Kier molecular flexibility index (Phi) is 3.56. The standard InChI is InChI=1S/C16H16FNO2/c17-14-4-2-1-3-11(14)7-8-18-15-10-20-16-9-12(19)5-6-13(15)16/h1-6,9,15,18-19H,7-8,10H2. The number of rotatable bonds is 4. The topological polar surface area (TPSA) is 41.5 Å². The van der Waals surface area contributed by atoms with Crippen molar-refractivity contribution in [2.45, 2.75) is 12.5 Å². The summed E-state index contributed by atoms with van der Waals surface area (Å²) in [6.45, 7) is 1.21. The van der Waals surface area contributed by atoms with Gasteiger partial charge in [0.1, 0.15) is 23.9 Å². The van der Waals surface area contributed by atoms with E-state index in [1.165, 1.54) is 6.07 Å². The van der Waals surface area contributed by atoms with Gasteiger partial charge in [-0.1, -0.05) is 18.2 Å². The van der Waals surface area contributed by atoms with Crippen LogP contribution in [0.2, 0.25) is 0 Å². The Morgan fingerprint density at radius 3 is 2.95 bits per heavy atom. The number of aromatic hydroxyl groups is 1. The Balaban J connectivity index is 1.60. The zero-order valence-electron chi connectivity index (χ0n) is 11.0. The molecule has 0 spiro atoms. The Bertz CT molecular complexity index is 615. The van der Waals surface area contributed by atoms with Crippen molar-refractivity contribution in [3.8, 4) is 11.5 Å². The maximum absolute atomic E-state index is 13.5. The molecule has 2 N–H and O–H groups in total. The van der Waals surface area contributed by atoms with E-state index < -0.39 is 0 Å². The normalized spacial score (nSPS) is 16.8. The molecule has 0 fully saturated rings. The molecule has 1 unspecified atom stereocenters. The Hall–Kier alpha value is -2.07. The maximum atomic E-state index is 13.5. The average molecular weight is 273 g/mol. The van der Waals surface area contributed by atoms with Crippen molar-refractivity contribution in [1.82, 2.24) is 5.32 Å². The number of ether oxygens (including phenoxy) is 1. The molecule has 3 rings (SSSR count). The molecule has 2 aromatic rings. The molecule has 1 atom stereocenters. The quantitative estimate of drug-likeness (QED) is 0.900. The first-order valence-corrected chi connectivity index (χ1v) is 6.66. The first-order valence-electron chi connectivity index (χ1n) is 6.66. The Morgan fingerprint density at radius 2 is 2.10 bits per heavy atom. The summed E-state index contributed by atoms with van der Waals surface area (Å²) in [6.07, 6.45) is 0.636. The molecule has 104 valence electrons. The highest BCUT2D eigenvalue weighted by Gasteiger charge is 2.23. The van der Waals surface area contributed by atoms with Crippen LogP contribution in [0.15, 0.2) is 42.5 Å². The lowest BCUT2D eigenvalue weighted by Gasteiger charge is -2.11. The first kappa shape index (κ1) is 12.9. The number of hydrogen-bond donors (Lipinski definition) is 2. The lowest BCUT2D eigenvalue weighted by Crippen LogP contribution is -2.25. The van der Waals surface area contributed by atoms with Crippen LogP contribution in [-0.4, -0.2) is 18.3 Å². The van der Waals surface area contributed by atoms with E-state index in [1.54, 1.807) is 24.3 Å². The van der Waals surface area contributed by atoms with Gasteiger partial charge in [0, 0.05) is 11.6 Å². The van der Waals surface area contributed by atoms with Crippen LogP contribution in [0.25, 0.3) is 0 Å². The van der Waals surface area contributed by atoms with Crippen molar-refractivity contribution in [1.29, 1.82) is 0 Å². The van der Waals surface area contributed by atoms with Crippen molar-refractivity contribution in [2.24, 2.45) is 0 Å². The third kappa shape index (κ3) is 2.60. The summed E-state index contributed by atoms with van der Waals surface area (Å²) in [5.74, 6) is 0.756. The molecule has 0 bridgehead atoms. The zero-order chi connectivity index (χ0) is 13.9. The van der Waals surface area contributed by atoms with Crippen molar-refractivity contribution in [3.05, 3.63) is 59.4 Å². The van der Waals surface area contributed by atoms with Crippen LogP contribution in [-0.2, 0) is 6.42 Å². The van der Waals surface area contributed by atoms with E-state index in [9.17, 15) is 9.50 Å². The van der Waals surface area contributed by atoms with Crippen LogP contribution in [0.1, 0.15) is 17.2 Å². The van der Waals surface area contributed by atoms with Gasteiger partial charge in [0.15, 0.2) is 0 Å². The third-order valence-corrected chi connectivity index (χ3v) is 3.52. The minimum Gasteiger partial charge on any atom is -0.508 e. The van der Waals surface area contributed by atoms with Gasteiger partial charge in [-0.25, -0.2) is 4.39 Å². The molecule has 1 heterocycles. The summed E-state index contributed by atoms with van der Waals surface area (Å²) in [7, 11) is 0. The van der Waals surface area contributed by atoms with Crippen molar-refractivity contribution in [2.75, 3.05) is 13.2 Å². The SMILES string of the molecule is Oc1ccc2c(c1)OCC2NCCc1ccccc1F. The summed E-state index contributed by atoms with van der Waals surface area (Å²) in [5, 5.41) is 12.8. The second-order valence-corrected chi connectivity index (χ2v) is 4.88. The first-order chi connectivity index (χ1) is 9.74. The summed E-state index contributed by atoms with van der Waals surface area (Å²) in [4.78, 5) is 0. The highest BCUT2D eigenvalue weighted by Crippen LogP contribution is 2.34. The second-order valence-electron chi connectivity index (χ2n) is 4.88. The molecule has 20 heavy (non-hydrogen) atoms. The number of hydrogen-bond acceptors (Lipinski definition) is 3. The van der Waals surface area contributed by atoms with Crippen LogP contribution in [0.5, 0.6) is 11.5 Å². The van der Waals surface area contributed by atoms with E-state index in [1.807, 2.05) is 12.1 Å². The number of halogens is 1. The third-order valence-electron chi connectivity index (χ3n) is 3.52. The van der Waals surface area contributed by atoms with E-state index in [0.717, 1.165) is 5.56 Å². The molecule has 0 amide bonds. The van der Waals surface area contributed by atoms with Gasteiger partial charge in [-0.3, -0.25) is 0 Å². The number of phenols is 1. The fourth-order valence-electron chi connectivity index (χ4n) is 2.45. The van der Waals surface area contributed by atoms with Crippen LogP contribution >= 0.6 is 0 Å². The summed E-state index contributed by atoms with van der Waals surface area (Å²) >= 11 is 0. The predicted molar refractivity (Wildman–Crippen MR) is 74.4 cm³/mol. The smallest absolute Gasteiger partial charge is 0.127 e. The molecule has 4 heteroatoms. The summed E-state index contributed by atoms with van der Waals surface area (Å²) in [6, 6.07) is 12.0. The van der Waals surface area contributed by atoms with Gasteiger partial charge >= 0.3 is 0 Å². The fraction of sp³-hybridized carbons (Fsp3) is 0.250. The number of phenolic OH excluding ortho intramolecular Hbond substituents is 1. The van der Waals surface area contributed by atoms with Gasteiger partial charge in [-0.2, -0.15) is 0 Å². The molecule has 1 aliphatic rings. The summed E-state index contributed by atoms with van der Waals surface area (Å²) < 4.78 is 19.0. The predicted octanol–water partition coefficient (Wildman–Crippen LogP) is 2.80. The van der Waals surface area contributed by atoms with Crippen LogP contribution in [0.3, 0.4) is 0 Å². The molecule has 1 aliphatic heterocycles. The summed E-state index contributed by atoms with van der Waals surface area (Å²) in [5.41, 5.74) is 1.75. The number of benzene rings is 2. The van der Waals surface area contributed by atoms with E-state index >= 15 is 0 Å². The van der Waals surface area contributed by atoms with Crippen molar-refractivity contribution in [3.63, 3.8) is 0 Å². The van der Waals surface area contributed by atoms with Gasteiger partial charge in [-0.05, 0) is 36.7 Å². The molecule has 2 aromatic carbocycles. The van der Waals surface area contributed by atoms with E-state index in [2.05, 4.69) is 5.32 Å². The number of nitrogens with one attached hydrogen (secondary N) is 1. The molecule has 0 aromatic heterocycles. The monoisotopic (exact) mass is 273 g/mol. The highest BCUT2D eigenvalue weighted by molar-refractivity contribution is 5.44. The molecular formula is C16H16FNO2. The van der Waals surface area contributed by atoms with E-state index in [0.29, 0.717) is 30.9 Å². The molecule has 0 aliphatic carbocycles. The largest absolute Gasteiger partial charge is 0.508 e. The minimum atomic E-state index is -0.165. The van der Waals surface area contributed by atoms with Crippen LogP contribution in [0, 0.1) is 5.82 Å².